The van der Waals surface area contributed by atoms with Crippen LogP contribution in [0.3, 0.4) is 0 Å². The van der Waals surface area contributed by atoms with Gasteiger partial charge in [0, 0.05) is 17.8 Å². The molecule has 0 radical (unpaired) electrons. The number of likely N-dealkylation sites (tertiary alicyclic amines) is 1. The topological polar surface area (TPSA) is 80.7 Å². The zero-order chi connectivity index (χ0) is 17.8. The molecule has 0 aromatic carbocycles. The minimum atomic E-state index is -0.450. The molecule has 7 heteroatoms. The standard InChI is InChI=1S/C18H25N3O4/c1-13(16-3-4-17(25-16)18(23)24-2)20-9-6-14(7-10-20)15-5-8-19-21(15)11-12-22/h3-5,8,13-14,22H,6-7,9-12H2,1-2H3. The second-order valence-corrected chi connectivity index (χ2v) is 6.38. The van der Waals surface area contributed by atoms with Gasteiger partial charge in [-0.25, -0.2) is 4.79 Å². The van der Waals surface area contributed by atoms with Crippen LogP contribution in [-0.4, -0.2) is 52.6 Å². The van der Waals surface area contributed by atoms with Crippen molar-refractivity contribution in [3.8, 4) is 0 Å². The van der Waals surface area contributed by atoms with Crippen molar-refractivity contribution < 1.29 is 19.1 Å². The van der Waals surface area contributed by atoms with Gasteiger partial charge in [0.2, 0.25) is 5.76 Å². The van der Waals surface area contributed by atoms with Gasteiger partial charge < -0.3 is 14.3 Å². The van der Waals surface area contributed by atoms with Crippen LogP contribution in [0.4, 0.5) is 0 Å². The van der Waals surface area contributed by atoms with E-state index in [-0.39, 0.29) is 18.4 Å². The van der Waals surface area contributed by atoms with E-state index in [1.54, 1.807) is 12.3 Å². The quantitative estimate of drug-likeness (QED) is 0.807. The number of esters is 1. The van der Waals surface area contributed by atoms with E-state index in [9.17, 15) is 4.79 Å². The van der Waals surface area contributed by atoms with Gasteiger partial charge in [0.15, 0.2) is 0 Å². The smallest absolute Gasteiger partial charge is 0.373 e. The summed E-state index contributed by atoms with van der Waals surface area (Å²) in [5, 5.41) is 13.4. The average molecular weight is 347 g/mol. The van der Waals surface area contributed by atoms with Crippen molar-refractivity contribution in [1.29, 1.82) is 0 Å². The Labute approximate surface area is 147 Å². The summed E-state index contributed by atoms with van der Waals surface area (Å²) < 4.78 is 12.2. The molecule has 2 aromatic heterocycles. The molecule has 0 amide bonds. The Hall–Kier alpha value is -2.12. The molecule has 2 aromatic rings. The summed E-state index contributed by atoms with van der Waals surface area (Å²) in [6.07, 6.45) is 3.87. The molecular formula is C18H25N3O4. The fraction of sp³-hybridized carbons (Fsp3) is 0.556. The number of carbonyl (C=O) groups is 1. The lowest BCUT2D eigenvalue weighted by atomic mass is 9.92. The van der Waals surface area contributed by atoms with E-state index < -0.39 is 5.97 Å². The van der Waals surface area contributed by atoms with Gasteiger partial charge in [0.1, 0.15) is 5.76 Å². The Morgan fingerprint density at radius 2 is 2.16 bits per heavy atom. The molecule has 1 atom stereocenters. The lowest BCUT2D eigenvalue weighted by molar-refractivity contribution is 0.0557. The Morgan fingerprint density at radius 1 is 1.40 bits per heavy atom. The number of aliphatic hydroxyl groups excluding tert-OH is 1. The number of piperidine rings is 1. The number of hydrogen-bond donors (Lipinski definition) is 1. The van der Waals surface area contributed by atoms with Crippen LogP contribution in [-0.2, 0) is 11.3 Å². The van der Waals surface area contributed by atoms with E-state index in [1.165, 1.54) is 12.8 Å². The van der Waals surface area contributed by atoms with Crippen LogP contribution >= 0.6 is 0 Å². The van der Waals surface area contributed by atoms with Gasteiger partial charge in [0.25, 0.3) is 0 Å². The SMILES string of the molecule is COC(=O)c1ccc(C(C)N2CCC(c3ccnn3CCO)CC2)o1. The summed E-state index contributed by atoms with van der Waals surface area (Å²) in [4.78, 5) is 13.9. The highest BCUT2D eigenvalue weighted by atomic mass is 16.5. The molecule has 25 heavy (non-hydrogen) atoms. The predicted octanol–water partition coefficient (Wildman–Crippen LogP) is 2.20. The first kappa shape index (κ1) is 17.7. The number of hydrogen-bond acceptors (Lipinski definition) is 6. The minimum Gasteiger partial charge on any atom is -0.463 e. The van der Waals surface area contributed by atoms with Crippen molar-refractivity contribution >= 4 is 5.97 Å². The summed E-state index contributed by atoms with van der Waals surface area (Å²) in [6, 6.07) is 5.67. The highest BCUT2D eigenvalue weighted by Gasteiger charge is 2.28. The lowest BCUT2D eigenvalue weighted by Gasteiger charge is -2.35. The van der Waals surface area contributed by atoms with Crippen LogP contribution in [0, 0.1) is 0 Å². The molecule has 1 aliphatic rings. The van der Waals surface area contributed by atoms with Crippen LogP contribution in [0.15, 0.2) is 28.8 Å². The van der Waals surface area contributed by atoms with Gasteiger partial charge in [-0.2, -0.15) is 5.10 Å². The number of carbonyl (C=O) groups excluding carboxylic acids is 1. The maximum absolute atomic E-state index is 11.5. The first-order valence-corrected chi connectivity index (χ1v) is 8.68. The number of ether oxygens (including phenoxy) is 1. The molecule has 0 aliphatic carbocycles. The van der Waals surface area contributed by atoms with Crippen LogP contribution in [0.5, 0.6) is 0 Å². The summed E-state index contributed by atoms with van der Waals surface area (Å²) in [5.74, 6) is 1.03. The molecule has 0 saturated carbocycles. The summed E-state index contributed by atoms with van der Waals surface area (Å²) in [5.41, 5.74) is 1.20. The monoisotopic (exact) mass is 347 g/mol. The third-order valence-electron chi connectivity index (χ3n) is 4.98. The molecule has 1 saturated heterocycles. The van der Waals surface area contributed by atoms with Crippen LogP contribution in [0.2, 0.25) is 0 Å². The second-order valence-electron chi connectivity index (χ2n) is 6.38. The first-order valence-electron chi connectivity index (χ1n) is 8.68. The third-order valence-corrected chi connectivity index (χ3v) is 4.98. The maximum atomic E-state index is 11.5. The van der Waals surface area contributed by atoms with Crippen molar-refractivity contribution in [3.05, 3.63) is 41.6 Å². The fourth-order valence-corrected chi connectivity index (χ4v) is 3.52. The summed E-state index contributed by atoms with van der Waals surface area (Å²) >= 11 is 0. The zero-order valence-electron chi connectivity index (χ0n) is 14.7. The van der Waals surface area contributed by atoms with Gasteiger partial charge in [-0.1, -0.05) is 0 Å². The predicted molar refractivity (Wildman–Crippen MR) is 91.3 cm³/mol. The summed E-state index contributed by atoms with van der Waals surface area (Å²) in [7, 11) is 1.35. The van der Waals surface area contributed by atoms with E-state index in [0.29, 0.717) is 12.5 Å². The van der Waals surface area contributed by atoms with Crippen molar-refractivity contribution in [2.45, 2.75) is 38.3 Å². The molecule has 7 nitrogen and oxygen atoms in total. The summed E-state index contributed by atoms with van der Waals surface area (Å²) in [6.45, 7) is 4.64. The van der Waals surface area contributed by atoms with Gasteiger partial charge in [0.05, 0.1) is 26.3 Å². The van der Waals surface area contributed by atoms with Crippen molar-refractivity contribution in [3.63, 3.8) is 0 Å². The maximum Gasteiger partial charge on any atom is 0.373 e. The molecule has 1 unspecified atom stereocenters. The van der Waals surface area contributed by atoms with Gasteiger partial charge in [-0.15, -0.1) is 0 Å². The normalized spacial score (nSPS) is 17.6. The van der Waals surface area contributed by atoms with Gasteiger partial charge >= 0.3 is 5.97 Å². The molecule has 136 valence electrons. The Morgan fingerprint density at radius 3 is 2.84 bits per heavy atom. The molecule has 3 heterocycles. The Kier molecular flexibility index (Phi) is 5.55. The Bertz CT molecular complexity index is 701. The van der Waals surface area contributed by atoms with Gasteiger partial charge in [-0.05, 0) is 51.1 Å². The number of nitrogens with zero attached hydrogens (tertiary/aromatic N) is 3. The number of furan rings is 1. The lowest BCUT2D eigenvalue weighted by Crippen LogP contribution is -2.35. The molecule has 0 bridgehead atoms. The van der Waals surface area contributed by atoms with Crippen molar-refractivity contribution in [2.75, 3.05) is 26.8 Å². The Balaban J connectivity index is 1.61. The van der Waals surface area contributed by atoms with Crippen molar-refractivity contribution in [2.24, 2.45) is 0 Å². The van der Waals surface area contributed by atoms with E-state index >= 15 is 0 Å². The molecule has 1 fully saturated rings. The molecule has 3 rings (SSSR count). The highest BCUT2D eigenvalue weighted by molar-refractivity contribution is 5.86. The number of methoxy groups -OCH3 is 1. The van der Waals surface area contributed by atoms with E-state index in [2.05, 4.69) is 27.7 Å². The zero-order valence-corrected chi connectivity index (χ0v) is 14.7. The molecular weight excluding hydrogens is 322 g/mol. The largest absolute Gasteiger partial charge is 0.463 e. The molecule has 0 spiro atoms. The van der Waals surface area contributed by atoms with Crippen LogP contribution in [0.1, 0.15) is 53.7 Å². The molecule has 1 N–H and O–H groups in total. The highest BCUT2D eigenvalue weighted by Crippen LogP contribution is 2.32. The number of aliphatic hydroxyl groups is 1. The van der Waals surface area contributed by atoms with Crippen LogP contribution in [0.25, 0.3) is 0 Å². The third kappa shape index (κ3) is 3.77. The fourth-order valence-electron chi connectivity index (χ4n) is 3.52. The minimum absolute atomic E-state index is 0.103. The van der Waals surface area contributed by atoms with Crippen molar-refractivity contribution in [1.82, 2.24) is 14.7 Å². The van der Waals surface area contributed by atoms with E-state index in [0.717, 1.165) is 31.7 Å². The number of aromatic nitrogens is 2. The average Bonchev–Trinajstić information content (AvgIpc) is 3.30. The first-order chi connectivity index (χ1) is 12.1. The van der Waals surface area contributed by atoms with Gasteiger partial charge in [-0.3, -0.25) is 9.58 Å². The molecule has 1 aliphatic heterocycles. The number of rotatable bonds is 6. The van der Waals surface area contributed by atoms with Crippen LogP contribution < -0.4 is 0 Å². The second kappa shape index (κ2) is 7.84. The van der Waals surface area contributed by atoms with E-state index in [1.807, 2.05) is 10.7 Å². The van der Waals surface area contributed by atoms with E-state index in [4.69, 9.17) is 9.52 Å².